The number of rotatable bonds is 7. The molecule has 40 heavy (non-hydrogen) atoms. The first-order valence-electron chi connectivity index (χ1n) is 12.6. The van der Waals surface area contributed by atoms with Crippen LogP contribution in [-0.2, 0) is 6.54 Å². The molecule has 1 N–H and O–H groups in total. The molecule has 194 valence electrons. The fourth-order valence-corrected chi connectivity index (χ4v) is 4.71. The summed E-state index contributed by atoms with van der Waals surface area (Å²) < 4.78 is 5.90. The standard InChI is InChI=1S/C32H27N3O4.Na/c1-21(23-11-14-26(33-2)15-12-23)34-31(36)25-13-16-29-30(19-25)39-18-17-35(29)20-22-7-9-24(10-8-22)27-5-3-4-6-28(27)32(37)38;/h3-16,19,21H,17-18,20H2,1H3,(H,34,36)(H,37,38);/q;+1/p-1/t21-;/m0./s1. The summed E-state index contributed by atoms with van der Waals surface area (Å²) >= 11 is 0. The molecule has 0 aromatic heterocycles. The van der Waals surface area contributed by atoms with Crippen molar-refractivity contribution in [2.45, 2.75) is 19.5 Å². The van der Waals surface area contributed by atoms with Gasteiger partial charge in [-0.25, -0.2) is 4.85 Å². The molecule has 4 aromatic rings. The number of carboxylic acids is 1. The average Bonchev–Trinajstić information content (AvgIpc) is 2.97. The molecular formula is C32H26N3NaO4. The molecule has 0 saturated heterocycles. The van der Waals surface area contributed by atoms with Gasteiger partial charge < -0.3 is 24.9 Å². The van der Waals surface area contributed by atoms with Crippen LogP contribution in [0.1, 0.15) is 44.8 Å². The average molecular weight is 540 g/mol. The number of aromatic carboxylic acids is 1. The zero-order valence-electron chi connectivity index (χ0n) is 22.4. The van der Waals surface area contributed by atoms with E-state index < -0.39 is 5.97 Å². The Labute approximate surface area is 255 Å². The third-order valence-corrected chi connectivity index (χ3v) is 6.84. The van der Waals surface area contributed by atoms with Crippen molar-refractivity contribution >= 4 is 23.3 Å². The second kappa shape index (κ2) is 12.8. The molecule has 0 aliphatic carbocycles. The number of nitrogens with one attached hydrogen (secondary N) is 1. The van der Waals surface area contributed by atoms with Crippen molar-refractivity contribution in [1.29, 1.82) is 0 Å². The molecule has 0 spiro atoms. The first-order chi connectivity index (χ1) is 18.9. The van der Waals surface area contributed by atoms with Gasteiger partial charge >= 0.3 is 29.6 Å². The summed E-state index contributed by atoms with van der Waals surface area (Å²) in [5.41, 5.74) is 5.57. The van der Waals surface area contributed by atoms with E-state index in [0.717, 1.165) is 22.4 Å². The van der Waals surface area contributed by atoms with Crippen LogP contribution in [0, 0.1) is 6.57 Å². The van der Waals surface area contributed by atoms with E-state index >= 15 is 0 Å². The number of fused-ring (bicyclic) bond motifs is 1. The quantitative estimate of drug-likeness (QED) is 0.288. The summed E-state index contributed by atoms with van der Waals surface area (Å²) in [5, 5.41) is 14.5. The summed E-state index contributed by atoms with van der Waals surface area (Å²) in [5.74, 6) is -0.743. The molecule has 7 nitrogen and oxygen atoms in total. The van der Waals surface area contributed by atoms with Crippen LogP contribution < -0.4 is 49.6 Å². The van der Waals surface area contributed by atoms with Crippen molar-refractivity contribution < 1.29 is 49.0 Å². The van der Waals surface area contributed by atoms with E-state index in [1.54, 1.807) is 42.5 Å². The number of amides is 1. The third-order valence-electron chi connectivity index (χ3n) is 6.84. The largest absolute Gasteiger partial charge is 1.00 e. The number of anilines is 1. The monoisotopic (exact) mass is 539 g/mol. The van der Waals surface area contributed by atoms with Gasteiger partial charge in [-0.1, -0.05) is 72.8 Å². The van der Waals surface area contributed by atoms with Crippen molar-refractivity contribution in [3.8, 4) is 16.9 Å². The minimum absolute atomic E-state index is 0. The summed E-state index contributed by atoms with van der Waals surface area (Å²) in [7, 11) is 0. The van der Waals surface area contributed by atoms with Gasteiger partial charge in [0.1, 0.15) is 12.4 Å². The zero-order valence-corrected chi connectivity index (χ0v) is 24.4. The van der Waals surface area contributed by atoms with Crippen LogP contribution in [0.3, 0.4) is 0 Å². The van der Waals surface area contributed by atoms with Crippen LogP contribution in [0.4, 0.5) is 11.4 Å². The number of carboxylic acid groups (broad SMARTS) is 1. The first-order valence-corrected chi connectivity index (χ1v) is 12.6. The van der Waals surface area contributed by atoms with Gasteiger partial charge in [0.05, 0.1) is 30.8 Å². The van der Waals surface area contributed by atoms with Gasteiger partial charge in [-0.3, -0.25) is 4.79 Å². The molecule has 0 radical (unpaired) electrons. The van der Waals surface area contributed by atoms with E-state index in [0.29, 0.717) is 42.3 Å². The zero-order chi connectivity index (χ0) is 27.4. The summed E-state index contributed by atoms with van der Waals surface area (Å²) in [4.78, 5) is 30.0. The van der Waals surface area contributed by atoms with Crippen molar-refractivity contribution in [2.75, 3.05) is 18.1 Å². The first kappa shape index (κ1) is 28.9. The predicted molar refractivity (Wildman–Crippen MR) is 148 cm³/mol. The van der Waals surface area contributed by atoms with Crippen molar-refractivity contribution in [3.63, 3.8) is 0 Å². The molecule has 1 atom stereocenters. The Morgan fingerprint density at radius 1 is 1.02 bits per heavy atom. The van der Waals surface area contributed by atoms with Gasteiger partial charge in [0, 0.05) is 17.7 Å². The third kappa shape index (κ3) is 6.37. The van der Waals surface area contributed by atoms with E-state index in [9.17, 15) is 14.7 Å². The Kier molecular flexibility index (Phi) is 9.28. The van der Waals surface area contributed by atoms with Gasteiger partial charge in [-0.05, 0) is 47.4 Å². The Morgan fingerprint density at radius 2 is 1.75 bits per heavy atom. The molecule has 1 heterocycles. The number of ether oxygens (including phenoxy) is 1. The minimum Gasteiger partial charge on any atom is -0.545 e. The van der Waals surface area contributed by atoms with Crippen LogP contribution in [0.25, 0.3) is 16.0 Å². The van der Waals surface area contributed by atoms with Crippen molar-refractivity contribution in [3.05, 3.63) is 125 Å². The summed E-state index contributed by atoms with van der Waals surface area (Å²) in [6.45, 7) is 10.8. The predicted octanol–water partition coefficient (Wildman–Crippen LogP) is 2.16. The topological polar surface area (TPSA) is 86.1 Å². The molecule has 0 bridgehead atoms. The van der Waals surface area contributed by atoms with Crippen LogP contribution in [-0.4, -0.2) is 25.0 Å². The maximum atomic E-state index is 13.0. The van der Waals surface area contributed by atoms with Gasteiger partial charge in [-0.15, -0.1) is 0 Å². The van der Waals surface area contributed by atoms with E-state index in [2.05, 4.69) is 15.1 Å². The fourth-order valence-electron chi connectivity index (χ4n) is 4.71. The Morgan fingerprint density at radius 3 is 2.45 bits per heavy atom. The van der Waals surface area contributed by atoms with E-state index in [1.807, 2.05) is 55.5 Å². The molecule has 0 saturated carbocycles. The summed E-state index contributed by atoms with van der Waals surface area (Å²) in [6.07, 6.45) is 0. The molecule has 4 aromatic carbocycles. The molecule has 1 aliphatic rings. The number of hydrogen-bond acceptors (Lipinski definition) is 5. The van der Waals surface area contributed by atoms with Gasteiger partial charge in [0.2, 0.25) is 0 Å². The van der Waals surface area contributed by atoms with Crippen LogP contribution in [0.15, 0.2) is 91.0 Å². The van der Waals surface area contributed by atoms with Crippen LogP contribution in [0.2, 0.25) is 0 Å². The molecule has 0 fully saturated rings. The second-order valence-electron chi connectivity index (χ2n) is 9.38. The number of benzene rings is 4. The van der Waals surface area contributed by atoms with Crippen molar-refractivity contribution in [1.82, 2.24) is 5.32 Å². The Bertz CT molecular complexity index is 1560. The maximum Gasteiger partial charge on any atom is 1.00 e. The minimum atomic E-state index is -1.20. The molecule has 0 unspecified atom stereocenters. The molecule has 5 rings (SSSR count). The molecule has 1 amide bonds. The Hall–Kier alpha value is -4.09. The normalized spacial score (nSPS) is 12.7. The Balaban J connectivity index is 0.00000370. The molecule has 8 heteroatoms. The van der Waals surface area contributed by atoms with E-state index in [1.165, 1.54) is 0 Å². The van der Waals surface area contributed by atoms with E-state index in [4.69, 9.17) is 11.3 Å². The molecule has 1 aliphatic heterocycles. The maximum absolute atomic E-state index is 13.0. The van der Waals surface area contributed by atoms with Crippen LogP contribution >= 0.6 is 0 Å². The molecular weight excluding hydrogens is 513 g/mol. The van der Waals surface area contributed by atoms with Crippen LogP contribution in [0.5, 0.6) is 5.75 Å². The van der Waals surface area contributed by atoms with Gasteiger partial charge in [-0.2, -0.15) is 0 Å². The number of nitrogens with zero attached hydrogens (tertiary/aromatic N) is 2. The van der Waals surface area contributed by atoms with Crippen molar-refractivity contribution in [2.24, 2.45) is 0 Å². The second-order valence-corrected chi connectivity index (χ2v) is 9.38. The number of carbonyl (C=O) groups is 2. The van der Waals surface area contributed by atoms with Gasteiger partial charge in [0.15, 0.2) is 5.69 Å². The SMILES string of the molecule is [C-]#[N+]c1ccc([C@H](C)NC(=O)c2ccc3c(c2)OCCN3Cc2ccc(-c3ccccc3C(=O)[O-])cc2)cc1.[Na+]. The fraction of sp³-hybridized carbons (Fsp3) is 0.156. The number of carbonyl (C=O) groups excluding carboxylic acids is 2. The van der Waals surface area contributed by atoms with Gasteiger partial charge in [0.25, 0.3) is 5.91 Å². The summed E-state index contributed by atoms with van der Waals surface area (Å²) in [6, 6.07) is 27.1. The smallest absolute Gasteiger partial charge is 0.545 e. The number of hydrogen-bond donors (Lipinski definition) is 1. The van der Waals surface area contributed by atoms with E-state index in [-0.39, 0.29) is 47.1 Å².